The minimum atomic E-state index is -3.55. The molecule has 0 aliphatic heterocycles. The van der Waals surface area contributed by atoms with Gasteiger partial charge in [0.25, 0.3) is 0 Å². The van der Waals surface area contributed by atoms with Gasteiger partial charge in [-0.3, -0.25) is 0 Å². The van der Waals surface area contributed by atoms with Crippen LogP contribution in [0.1, 0.15) is 27.9 Å². The van der Waals surface area contributed by atoms with Crippen LogP contribution in [-0.2, 0) is 23.0 Å². The van der Waals surface area contributed by atoms with Crippen LogP contribution < -0.4 is 4.72 Å². The van der Waals surface area contributed by atoms with E-state index in [4.69, 9.17) is 5.11 Å². The summed E-state index contributed by atoms with van der Waals surface area (Å²) in [6, 6.07) is 6.25. The van der Waals surface area contributed by atoms with Crippen molar-refractivity contribution >= 4 is 27.3 Å². The lowest BCUT2D eigenvalue weighted by molar-refractivity contribution is 0.0690. The zero-order valence-electron chi connectivity index (χ0n) is 11.2. The Balaban J connectivity index is 2.06. The number of hydrogen-bond donors (Lipinski definition) is 2. The highest BCUT2D eigenvalue weighted by Gasteiger charge is 2.16. The van der Waals surface area contributed by atoms with Crippen molar-refractivity contribution in [1.82, 2.24) is 9.71 Å². The number of nitrogens with one attached hydrogen (secondary N) is 1. The fourth-order valence-electron chi connectivity index (χ4n) is 1.60. The molecule has 0 saturated carbocycles. The first-order chi connectivity index (χ1) is 9.92. The summed E-state index contributed by atoms with van der Waals surface area (Å²) in [5.41, 5.74) is 0.517. The number of aromatic nitrogens is 1. The van der Waals surface area contributed by atoms with Gasteiger partial charge < -0.3 is 5.11 Å². The Kier molecular flexibility index (Phi) is 4.71. The van der Waals surface area contributed by atoms with E-state index in [9.17, 15) is 13.2 Å². The quantitative estimate of drug-likeness (QED) is 0.845. The van der Waals surface area contributed by atoms with E-state index in [1.807, 2.05) is 6.92 Å². The lowest BCUT2D eigenvalue weighted by Crippen LogP contribution is -2.22. The standard InChI is InChI=1S/C13H14N2O4S2/c1-2-10-4-6-12(20-10)21(18,19)15-8-9-3-5-11(13(16)17)14-7-9/h3-7,15H,2,8H2,1H3,(H,16,17). The molecule has 0 amide bonds. The van der Waals surface area contributed by atoms with Crippen molar-refractivity contribution in [2.24, 2.45) is 0 Å². The maximum absolute atomic E-state index is 12.1. The topological polar surface area (TPSA) is 96.4 Å². The molecule has 0 aromatic carbocycles. The van der Waals surface area contributed by atoms with E-state index in [0.717, 1.165) is 11.3 Å². The lowest BCUT2D eigenvalue weighted by atomic mass is 10.2. The number of carboxylic acid groups (broad SMARTS) is 1. The first kappa shape index (κ1) is 15.6. The number of sulfonamides is 1. The molecule has 2 N–H and O–H groups in total. The van der Waals surface area contributed by atoms with Crippen molar-refractivity contribution in [1.29, 1.82) is 0 Å². The number of carbonyl (C=O) groups is 1. The third-order valence-electron chi connectivity index (χ3n) is 2.76. The molecule has 21 heavy (non-hydrogen) atoms. The molecule has 0 spiro atoms. The average molecular weight is 326 g/mol. The molecule has 2 aromatic heterocycles. The van der Waals surface area contributed by atoms with Gasteiger partial charge in [-0.05, 0) is 30.2 Å². The summed E-state index contributed by atoms with van der Waals surface area (Å²) in [4.78, 5) is 15.4. The minimum Gasteiger partial charge on any atom is -0.477 e. The van der Waals surface area contributed by atoms with Crippen LogP contribution in [0, 0.1) is 0 Å². The molecular weight excluding hydrogens is 312 g/mol. The first-order valence-corrected chi connectivity index (χ1v) is 8.49. The first-order valence-electron chi connectivity index (χ1n) is 6.19. The van der Waals surface area contributed by atoms with Crippen molar-refractivity contribution in [2.75, 3.05) is 0 Å². The molecule has 0 unspecified atom stereocenters. The van der Waals surface area contributed by atoms with Gasteiger partial charge in [-0.2, -0.15) is 0 Å². The van der Waals surface area contributed by atoms with E-state index < -0.39 is 16.0 Å². The molecule has 112 valence electrons. The molecule has 2 aromatic rings. The van der Waals surface area contributed by atoms with Gasteiger partial charge in [0.1, 0.15) is 9.90 Å². The van der Waals surface area contributed by atoms with Crippen LogP contribution in [0.25, 0.3) is 0 Å². The van der Waals surface area contributed by atoms with Gasteiger partial charge in [0.15, 0.2) is 0 Å². The summed E-state index contributed by atoms with van der Waals surface area (Å²) in [7, 11) is -3.55. The lowest BCUT2D eigenvalue weighted by Gasteiger charge is -2.05. The number of carboxylic acids is 1. The summed E-state index contributed by atoms with van der Waals surface area (Å²) < 4.78 is 26.9. The van der Waals surface area contributed by atoms with Crippen LogP contribution in [0.4, 0.5) is 0 Å². The SMILES string of the molecule is CCc1ccc(S(=O)(=O)NCc2ccc(C(=O)O)nc2)s1. The van der Waals surface area contributed by atoms with E-state index in [1.54, 1.807) is 12.1 Å². The van der Waals surface area contributed by atoms with Gasteiger partial charge in [0, 0.05) is 17.6 Å². The summed E-state index contributed by atoms with van der Waals surface area (Å²) in [5.74, 6) is -1.12. The number of rotatable bonds is 6. The fourth-order valence-corrected chi connectivity index (χ4v) is 3.96. The van der Waals surface area contributed by atoms with Gasteiger partial charge >= 0.3 is 5.97 Å². The van der Waals surface area contributed by atoms with Gasteiger partial charge in [0.2, 0.25) is 10.0 Å². The van der Waals surface area contributed by atoms with Crippen LogP contribution in [-0.4, -0.2) is 24.5 Å². The van der Waals surface area contributed by atoms with Crippen molar-refractivity contribution in [3.63, 3.8) is 0 Å². The molecule has 2 heterocycles. The Morgan fingerprint density at radius 1 is 1.33 bits per heavy atom. The van der Waals surface area contributed by atoms with Crippen molar-refractivity contribution in [3.05, 3.63) is 46.6 Å². The maximum atomic E-state index is 12.1. The zero-order chi connectivity index (χ0) is 15.5. The maximum Gasteiger partial charge on any atom is 0.354 e. The molecule has 0 atom stereocenters. The van der Waals surface area contributed by atoms with Crippen LogP contribution in [0.2, 0.25) is 0 Å². The van der Waals surface area contributed by atoms with E-state index in [1.165, 1.54) is 29.7 Å². The number of aryl methyl sites for hydroxylation is 1. The molecule has 0 bridgehead atoms. The zero-order valence-corrected chi connectivity index (χ0v) is 12.9. The second-order valence-corrected chi connectivity index (χ2v) is 7.42. The van der Waals surface area contributed by atoms with E-state index >= 15 is 0 Å². The molecular formula is C13H14N2O4S2. The predicted octanol–water partition coefficient (Wildman–Crippen LogP) is 1.88. The molecule has 0 fully saturated rings. The molecule has 0 aliphatic rings. The van der Waals surface area contributed by atoms with Crippen LogP contribution in [0.15, 0.2) is 34.7 Å². The van der Waals surface area contributed by atoms with Crippen LogP contribution in [0.5, 0.6) is 0 Å². The summed E-state index contributed by atoms with van der Waals surface area (Å²) in [5, 5.41) is 8.74. The molecule has 6 nitrogen and oxygen atoms in total. The molecule has 0 saturated heterocycles. The Hall–Kier alpha value is -1.77. The van der Waals surface area contributed by atoms with Crippen molar-refractivity contribution < 1.29 is 18.3 Å². The molecule has 0 radical (unpaired) electrons. The van der Waals surface area contributed by atoms with E-state index in [-0.39, 0.29) is 16.4 Å². The third kappa shape index (κ3) is 3.87. The Morgan fingerprint density at radius 3 is 2.62 bits per heavy atom. The molecule has 2 rings (SSSR count). The predicted molar refractivity (Wildman–Crippen MR) is 78.9 cm³/mol. The number of pyridine rings is 1. The fraction of sp³-hybridized carbons (Fsp3) is 0.231. The third-order valence-corrected chi connectivity index (χ3v) is 5.88. The van der Waals surface area contributed by atoms with Gasteiger partial charge in [-0.15, -0.1) is 11.3 Å². The summed E-state index contributed by atoms with van der Waals surface area (Å²) in [6.45, 7) is 2.03. The minimum absolute atomic E-state index is 0.0641. The normalized spacial score (nSPS) is 11.5. The number of thiophene rings is 1. The second-order valence-electron chi connectivity index (χ2n) is 4.26. The number of nitrogens with zero attached hydrogens (tertiary/aromatic N) is 1. The second kappa shape index (κ2) is 6.33. The number of aromatic carboxylic acids is 1. The van der Waals surface area contributed by atoms with Crippen LogP contribution >= 0.6 is 11.3 Å². The van der Waals surface area contributed by atoms with Crippen LogP contribution in [0.3, 0.4) is 0 Å². The summed E-state index contributed by atoms with van der Waals surface area (Å²) >= 11 is 1.24. The Labute approximate surface area is 126 Å². The van der Waals surface area contributed by atoms with Crippen molar-refractivity contribution in [2.45, 2.75) is 24.1 Å². The Morgan fingerprint density at radius 2 is 2.10 bits per heavy atom. The molecule has 8 heteroatoms. The van der Waals surface area contributed by atoms with E-state index in [2.05, 4.69) is 9.71 Å². The smallest absolute Gasteiger partial charge is 0.354 e. The van der Waals surface area contributed by atoms with E-state index in [0.29, 0.717) is 5.56 Å². The highest BCUT2D eigenvalue weighted by Crippen LogP contribution is 2.21. The summed E-state index contributed by atoms with van der Waals surface area (Å²) in [6.07, 6.45) is 2.14. The van der Waals surface area contributed by atoms with Crippen molar-refractivity contribution in [3.8, 4) is 0 Å². The van der Waals surface area contributed by atoms with Gasteiger partial charge in [-0.1, -0.05) is 13.0 Å². The number of hydrogen-bond acceptors (Lipinski definition) is 5. The largest absolute Gasteiger partial charge is 0.477 e. The van der Waals surface area contributed by atoms with Gasteiger partial charge in [-0.25, -0.2) is 22.9 Å². The average Bonchev–Trinajstić information content (AvgIpc) is 2.95. The highest BCUT2D eigenvalue weighted by atomic mass is 32.2. The Bertz CT molecular complexity index is 736. The highest BCUT2D eigenvalue weighted by molar-refractivity contribution is 7.91. The monoisotopic (exact) mass is 326 g/mol. The van der Waals surface area contributed by atoms with Gasteiger partial charge in [0.05, 0.1) is 0 Å². The molecule has 0 aliphatic carbocycles.